The van der Waals surface area contributed by atoms with E-state index in [2.05, 4.69) is 5.32 Å². The molecular formula is C15H17ClN2O2. The second-order valence-corrected chi connectivity index (χ2v) is 5.63. The molecule has 1 heterocycles. The normalized spacial score (nSPS) is 18.1. The number of piperazine rings is 1. The molecule has 1 saturated heterocycles. The Morgan fingerprint density at radius 1 is 1.35 bits per heavy atom. The molecule has 4 nitrogen and oxygen atoms in total. The highest BCUT2D eigenvalue weighted by molar-refractivity contribution is 6.30. The molecule has 0 unspecified atom stereocenters. The monoisotopic (exact) mass is 292 g/mol. The van der Waals surface area contributed by atoms with E-state index in [-0.39, 0.29) is 11.8 Å². The van der Waals surface area contributed by atoms with Crippen LogP contribution in [0.15, 0.2) is 30.3 Å². The van der Waals surface area contributed by atoms with Crippen molar-refractivity contribution in [3.05, 3.63) is 40.9 Å². The first kappa shape index (κ1) is 14.6. The van der Waals surface area contributed by atoms with Crippen LogP contribution in [0.2, 0.25) is 5.02 Å². The van der Waals surface area contributed by atoms with E-state index in [9.17, 15) is 9.59 Å². The van der Waals surface area contributed by atoms with Gasteiger partial charge in [-0.2, -0.15) is 0 Å². The molecule has 1 aromatic carbocycles. The highest BCUT2D eigenvalue weighted by Gasteiger charge is 2.39. The first-order valence-electron chi connectivity index (χ1n) is 6.45. The number of nitrogens with one attached hydrogen (secondary N) is 1. The van der Waals surface area contributed by atoms with Gasteiger partial charge in [0.15, 0.2) is 0 Å². The van der Waals surface area contributed by atoms with Gasteiger partial charge in [-0.05, 0) is 37.6 Å². The van der Waals surface area contributed by atoms with Gasteiger partial charge in [-0.15, -0.1) is 0 Å². The zero-order valence-corrected chi connectivity index (χ0v) is 12.3. The zero-order chi connectivity index (χ0) is 14.8. The van der Waals surface area contributed by atoms with Crippen LogP contribution in [0, 0.1) is 0 Å². The number of nitrogens with zero attached hydrogens (tertiary/aromatic N) is 1. The topological polar surface area (TPSA) is 49.4 Å². The van der Waals surface area contributed by atoms with Crippen molar-refractivity contribution in [3.63, 3.8) is 0 Å². The molecule has 2 rings (SSSR count). The Morgan fingerprint density at radius 3 is 2.65 bits per heavy atom. The lowest BCUT2D eigenvalue weighted by atomic mass is 9.98. The van der Waals surface area contributed by atoms with E-state index in [1.807, 2.05) is 12.1 Å². The quantitative estimate of drug-likeness (QED) is 0.849. The molecule has 2 amide bonds. The standard InChI is InChI=1S/C15H17ClN2O2/c1-15(2)14(20)17-9-10-18(15)13(19)8-5-11-3-6-12(16)7-4-11/h3-8H,9-10H2,1-2H3,(H,17,20). The molecule has 0 spiro atoms. The maximum absolute atomic E-state index is 12.2. The molecule has 5 heteroatoms. The Kier molecular flexibility index (Phi) is 4.14. The lowest BCUT2D eigenvalue weighted by Gasteiger charge is -2.40. The first-order chi connectivity index (χ1) is 9.41. The number of benzene rings is 1. The van der Waals surface area contributed by atoms with Gasteiger partial charge in [0.25, 0.3) is 0 Å². The van der Waals surface area contributed by atoms with Crippen molar-refractivity contribution >= 4 is 29.5 Å². The largest absolute Gasteiger partial charge is 0.352 e. The molecule has 1 fully saturated rings. The predicted octanol–water partition coefficient (Wildman–Crippen LogP) is 2.09. The summed E-state index contributed by atoms with van der Waals surface area (Å²) in [6, 6.07) is 7.20. The van der Waals surface area contributed by atoms with Crippen molar-refractivity contribution in [2.24, 2.45) is 0 Å². The molecule has 1 aliphatic rings. The van der Waals surface area contributed by atoms with Gasteiger partial charge in [0.1, 0.15) is 5.54 Å². The molecule has 20 heavy (non-hydrogen) atoms. The minimum Gasteiger partial charge on any atom is -0.352 e. The molecule has 0 atom stereocenters. The van der Waals surface area contributed by atoms with Crippen LogP contribution in [-0.2, 0) is 9.59 Å². The molecular weight excluding hydrogens is 276 g/mol. The summed E-state index contributed by atoms with van der Waals surface area (Å²) < 4.78 is 0. The lowest BCUT2D eigenvalue weighted by molar-refractivity contribution is -0.146. The summed E-state index contributed by atoms with van der Waals surface area (Å²) in [7, 11) is 0. The van der Waals surface area contributed by atoms with E-state index >= 15 is 0 Å². The average Bonchev–Trinajstić information content (AvgIpc) is 2.41. The van der Waals surface area contributed by atoms with Crippen LogP contribution >= 0.6 is 11.6 Å². The van der Waals surface area contributed by atoms with E-state index in [4.69, 9.17) is 11.6 Å². The van der Waals surface area contributed by atoms with E-state index in [1.165, 1.54) is 6.08 Å². The minimum atomic E-state index is -0.820. The zero-order valence-electron chi connectivity index (χ0n) is 11.5. The van der Waals surface area contributed by atoms with Crippen LogP contribution in [0.4, 0.5) is 0 Å². The Morgan fingerprint density at radius 2 is 2.00 bits per heavy atom. The molecule has 0 radical (unpaired) electrons. The van der Waals surface area contributed by atoms with Crippen LogP contribution in [0.5, 0.6) is 0 Å². The number of carbonyl (C=O) groups is 2. The third-order valence-electron chi connectivity index (χ3n) is 3.41. The smallest absolute Gasteiger partial charge is 0.247 e. The number of rotatable bonds is 2. The Balaban J connectivity index is 2.11. The summed E-state index contributed by atoms with van der Waals surface area (Å²) in [4.78, 5) is 25.6. The number of halogens is 1. The van der Waals surface area contributed by atoms with Crippen molar-refractivity contribution in [3.8, 4) is 0 Å². The van der Waals surface area contributed by atoms with E-state index in [0.717, 1.165) is 5.56 Å². The van der Waals surface area contributed by atoms with Crippen LogP contribution in [0.1, 0.15) is 19.4 Å². The van der Waals surface area contributed by atoms with Crippen LogP contribution in [-0.4, -0.2) is 35.3 Å². The molecule has 106 valence electrons. The number of carbonyl (C=O) groups excluding carboxylic acids is 2. The lowest BCUT2D eigenvalue weighted by Crippen LogP contribution is -2.63. The number of hydrogen-bond acceptors (Lipinski definition) is 2. The van der Waals surface area contributed by atoms with Crippen molar-refractivity contribution in [2.45, 2.75) is 19.4 Å². The summed E-state index contributed by atoms with van der Waals surface area (Å²) in [5.74, 6) is -0.295. The minimum absolute atomic E-state index is 0.128. The maximum Gasteiger partial charge on any atom is 0.247 e. The predicted molar refractivity (Wildman–Crippen MR) is 79.3 cm³/mol. The van der Waals surface area contributed by atoms with E-state index in [0.29, 0.717) is 18.1 Å². The molecule has 1 N–H and O–H groups in total. The van der Waals surface area contributed by atoms with Crippen molar-refractivity contribution in [1.82, 2.24) is 10.2 Å². The fourth-order valence-corrected chi connectivity index (χ4v) is 2.24. The highest BCUT2D eigenvalue weighted by Crippen LogP contribution is 2.18. The van der Waals surface area contributed by atoms with Crippen molar-refractivity contribution in [1.29, 1.82) is 0 Å². The molecule has 0 saturated carbocycles. The van der Waals surface area contributed by atoms with Gasteiger partial charge in [0.05, 0.1) is 0 Å². The SMILES string of the molecule is CC1(C)C(=O)NCCN1C(=O)C=Cc1ccc(Cl)cc1. The van der Waals surface area contributed by atoms with Gasteiger partial charge in [0.2, 0.25) is 11.8 Å². The van der Waals surface area contributed by atoms with Gasteiger partial charge in [0, 0.05) is 24.2 Å². The molecule has 0 aromatic heterocycles. The first-order valence-corrected chi connectivity index (χ1v) is 6.82. The summed E-state index contributed by atoms with van der Waals surface area (Å²) in [5, 5.41) is 3.42. The summed E-state index contributed by atoms with van der Waals surface area (Å²) in [6.07, 6.45) is 3.21. The molecule has 1 aromatic rings. The average molecular weight is 293 g/mol. The third-order valence-corrected chi connectivity index (χ3v) is 3.66. The highest BCUT2D eigenvalue weighted by atomic mass is 35.5. The Labute approximate surface area is 123 Å². The molecule has 1 aliphatic heterocycles. The third kappa shape index (κ3) is 3.02. The van der Waals surface area contributed by atoms with Crippen molar-refractivity contribution in [2.75, 3.05) is 13.1 Å². The second kappa shape index (κ2) is 5.67. The van der Waals surface area contributed by atoms with Crippen LogP contribution in [0.25, 0.3) is 6.08 Å². The van der Waals surface area contributed by atoms with Gasteiger partial charge in [-0.1, -0.05) is 23.7 Å². The second-order valence-electron chi connectivity index (χ2n) is 5.19. The van der Waals surface area contributed by atoms with Gasteiger partial charge < -0.3 is 10.2 Å². The maximum atomic E-state index is 12.2. The number of amides is 2. The Bertz CT molecular complexity index is 549. The van der Waals surface area contributed by atoms with Gasteiger partial charge in [-0.25, -0.2) is 0 Å². The summed E-state index contributed by atoms with van der Waals surface area (Å²) in [6.45, 7) is 4.50. The van der Waals surface area contributed by atoms with Gasteiger partial charge in [-0.3, -0.25) is 9.59 Å². The summed E-state index contributed by atoms with van der Waals surface area (Å²) in [5.41, 5.74) is 0.0710. The molecule has 0 bridgehead atoms. The van der Waals surface area contributed by atoms with E-state index in [1.54, 1.807) is 37.0 Å². The van der Waals surface area contributed by atoms with Gasteiger partial charge >= 0.3 is 0 Å². The fourth-order valence-electron chi connectivity index (χ4n) is 2.12. The van der Waals surface area contributed by atoms with E-state index < -0.39 is 5.54 Å². The van der Waals surface area contributed by atoms with Crippen molar-refractivity contribution < 1.29 is 9.59 Å². The van der Waals surface area contributed by atoms with Crippen LogP contribution in [0.3, 0.4) is 0 Å². The summed E-state index contributed by atoms with van der Waals surface area (Å²) >= 11 is 5.81. The fraction of sp³-hybridized carbons (Fsp3) is 0.333. The number of hydrogen-bond donors (Lipinski definition) is 1. The Hall–Kier alpha value is -1.81. The van der Waals surface area contributed by atoms with Crippen LogP contribution < -0.4 is 5.32 Å². The molecule has 0 aliphatic carbocycles.